The van der Waals surface area contributed by atoms with Gasteiger partial charge in [-0.25, -0.2) is 9.59 Å². The summed E-state index contributed by atoms with van der Waals surface area (Å²) >= 11 is 0. The van der Waals surface area contributed by atoms with Gasteiger partial charge in [0, 0.05) is 11.8 Å². The summed E-state index contributed by atoms with van der Waals surface area (Å²) in [5.41, 5.74) is 0. The molecule has 0 atom stereocenters. The molecule has 0 heterocycles. The van der Waals surface area contributed by atoms with Gasteiger partial charge in [0.05, 0.1) is 0 Å². The molecule has 0 aromatic rings. The number of ether oxygens (including phenoxy) is 2. The molecule has 6 nitrogen and oxygen atoms in total. The Morgan fingerprint density at radius 3 is 1.30 bits per heavy atom. The molecule has 6 heteroatoms. The van der Waals surface area contributed by atoms with Crippen molar-refractivity contribution in [3.63, 3.8) is 0 Å². The fraction of sp³-hybridized carbons (Fsp3) is 0.143. The number of carbonyl (C=O) groups is 4. The number of terminal acetylenes is 4. The van der Waals surface area contributed by atoms with Crippen molar-refractivity contribution in [2.75, 3.05) is 0 Å². The maximum atomic E-state index is 10.5. The average Bonchev–Trinajstić information content (AvgIpc) is 2.39. The molecule has 0 aliphatic carbocycles. The van der Waals surface area contributed by atoms with Crippen LogP contribution in [0.25, 0.3) is 0 Å². The molecule has 0 amide bonds. The van der Waals surface area contributed by atoms with E-state index in [-0.39, 0.29) is 12.8 Å². The van der Waals surface area contributed by atoms with Gasteiger partial charge in [-0.15, -0.1) is 25.7 Å². The van der Waals surface area contributed by atoms with Gasteiger partial charge in [-0.1, -0.05) is 11.8 Å². The highest BCUT2D eigenvalue weighted by Gasteiger charge is 2.06. The van der Waals surface area contributed by atoms with E-state index in [2.05, 4.69) is 22.3 Å². The monoisotopic (exact) mass is 272 g/mol. The van der Waals surface area contributed by atoms with Gasteiger partial charge >= 0.3 is 23.9 Å². The highest BCUT2D eigenvalue weighted by molar-refractivity contribution is 6.01. The molecular formula is C14H8O6. The van der Waals surface area contributed by atoms with Crippen LogP contribution in [0.4, 0.5) is 0 Å². The van der Waals surface area contributed by atoms with E-state index in [0.717, 1.165) is 0 Å². The van der Waals surface area contributed by atoms with Gasteiger partial charge in [-0.3, -0.25) is 9.59 Å². The van der Waals surface area contributed by atoms with Crippen molar-refractivity contribution in [1.82, 2.24) is 0 Å². The van der Waals surface area contributed by atoms with Gasteiger partial charge in [0.2, 0.25) is 0 Å². The van der Waals surface area contributed by atoms with Crippen molar-refractivity contribution in [1.29, 1.82) is 0 Å². The summed E-state index contributed by atoms with van der Waals surface area (Å²) in [6.45, 7) is 0. The molecule has 0 aromatic carbocycles. The summed E-state index contributed by atoms with van der Waals surface area (Å²) in [5, 5.41) is 0. The lowest BCUT2D eigenvalue weighted by atomic mass is 10.4. The van der Waals surface area contributed by atoms with Crippen molar-refractivity contribution >= 4 is 23.9 Å². The minimum atomic E-state index is -1.07. The SMILES string of the molecule is C#CC(=O)OC(=O)C#C.C#CCC(=O)OC(=O)CC#C. The lowest BCUT2D eigenvalue weighted by Gasteiger charge is -1.94. The Morgan fingerprint density at radius 1 is 0.700 bits per heavy atom. The van der Waals surface area contributed by atoms with Crippen LogP contribution in [-0.4, -0.2) is 23.9 Å². The van der Waals surface area contributed by atoms with Crippen LogP contribution in [0.15, 0.2) is 0 Å². The molecule has 0 spiro atoms. The molecule has 0 saturated carbocycles. The lowest BCUT2D eigenvalue weighted by molar-refractivity contribution is -0.158. The van der Waals surface area contributed by atoms with Gasteiger partial charge in [0.1, 0.15) is 12.8 Å². The largest absolute Gasteiger partial charge is 0.392 e. The van der Waals surface area contributed by atoms with Gasteiger partial charge < -0.3 is 9.47 Å². The van der Waals surface area contributed by atoms with E-state index in [1.807, 2.05) is 11.8 Å². The zero-order chi connectivity index (χ0) is 16.0. The van der Waals surface area contributed by atoms with E-state index < -0.39 is 23.9 Å². The third-order valence-electron chi connectivity index (χ3n) is 1.14. The first-order chi connectivity index (χ1) is 9.40. The third kappa shape index (κ3) is 12.6. The molecule has 20 heavy (non-hydrogen) atoms. The molecule has 0 rings (SSSR count). The minimum absolute atomic E-state index is 0.212. The topological polar surface area (TPSA) is 86.7 Å². The van der Waals surface area contributed by atoms with Crippen LogP contribution >= 0.6 is 0 Å². The number of hydrogen-bond acceptors (Lipinski definition) is 6. The van der Waals surface area contributed by atoms with Gasteiger partial charge in [-0.05, 0) is 0 Å². The van der Waals surface area contributed by atoms with Crippen LogP contribution in [0.5, 0.6) is 0 Å². The molecule has 100 valence electrons. The summed E-state index contributed by atoms with van der Waals surface area (Å²) < 4.78 is 7.97. The van der Waals surface area contributed by atoms with E-state index in [1.54, 1.807) is 11.8 Å². The molecule has 0 radical (unpaired) electrons. The molecule has 0 saturated heterocycles. The second-order valence-corrected chi connectivity index (χ2v) is 2.57. The summed E-state index contributed by atoms with van der Waals surface area (Å²) in [6.07, 6.45) is 18.2. The van der Waals surface area contributed by atoms with Crippen LogP contribution in [0.3, 0.4) is 0 Å². The molecule has 0 aromatic heterocycles. The van der Waals surface area contributed by atoms with Crippen molar-refractivity contribution in [3.8, 4) is 49.4 Å². The number of hydrogen-bond donors (Lipinski definition) is 0. The number of carbonyl (C=O) groups excluding carboxylic acids is 4. The average molecular weight is 272 g/mol. The molecule has 0 unspecified atom stereocenters. The maximum Gasteiger partial charge on any atom is 0.392 e. The second-order valence-electron chi connectivity index (χ2n) is 2.57. The first-order valence-corrected chi connectivity index (χ1v) is 4.70. The molecule has 0 aliphatic heterocycles. The van der Waals surface area contributed by atoms with Crippen LogP contribution in [0.2, 0.25) is 0 Å². The highest BCUT2D eigenvalue weighted by Crippen LogP contribution is 1.88. The second kappa shape index (κ2) is 12.0. The van der Waals surface area contributed by atoms with Crippen molar-refractivity contribution in [2.24, 2.45) is 0 Å². The Hall–Kier alpha value is -3.48. The highest BCUT2D eigenvalue weighted by atomic mass is 16.6. The molecule has 0 aliphatic rings. The molecule has 0 N–H and O–H groups in total. The van der Waals surface area contributed by atoms with Crippen LogP contribution in [0, 0.1) is 49.4 Å². The van der Waals surface area contributed by atoms with Crippen molar-refractivity contribution in [2.45, 2.75) is 12.8 Å². The van der Waals surface area contributed by atoms with Crippen molar-refractivity contribution in [3.05, 3.63) is 0 Å². The van der Waals surface area contributed by atoms with Crippen LogP contribution < -0.4 is 0 Å². The zero-order valence-electron chi connectivity index (χ0n) is 10.2. The van der Waals surface area contributed by atoms with E-state index in [4.69, 9.17) is 12.8 Å². The summed E-state index contributed by atoms with van der Waals surface area (Å²) in [7, 11) is 0. The molecular weight excluding hydrogens is 264 g/mol. The Balaban J connectivity index is 0. The summed E-state index contributed by atoms with van der Waals surface area (Å²) in [6, 6.07) is 0. The Labute approximate surface area is 115 Å². The molecule has 0 fully saturated rings. The van der Waals surface area contributed by atoms with Gasteiger partial charge in [0.15, 0.2) is 0 Å². The van der Waals surface area contributed by atoms with E-state index in [1.165, 1.54) is 0 Å². The van der Waals surface area contributed by atoms with Crippen LogP contribution in [0.1, 0.15) is 12.8 Å². The third-order valence-corrected chi connectivity index (χ3v) is 1.14. The normalized spacial score (nSPS) is 7.00. The molecule has 0 bridgehead atoms. The zero-order valence-corrected chi connectivity index (χ0v) is 10.2. The fourth-order valence-corrected chi connectivity index (χ4v) is 0.509. The van der Waals surface area contributed by atoms with Gasteiger partial charge in [0.25, 0.3) is 0 Å². The predicted octanol–water partition coefficient (Wildman–Crippen LogP) is -0.575. The maximum absolute atomic E-state index is 10.5. The Kier molecular flexibility index (Phi) is 11.3. The number of esters is 4. The number of rotatable bonds is 2. The van der Waals surface area contributed by atoms with E-state index in [9.17, 15) is 19.2 Å². The summed E-state index contributed by atoms with van der Waals surface area (Å²) in [5.74, 6) is 3.55. The first kappa shape index (κ1) is 18.9. The standard InChI is InChI=1S/C8H6O3.C6H2O3/c1-3-5-7(9)11-8(10)6-4-2;1-3-5(7)9-6(8)4-2/h1-2H,5-6H2;1-2H. The smallest absolute Gasteiger partial charge is 0.392 e. The van der Waals surface area contributed by atoms with Gasteiger partial charge in [-0.2, -0.15) is 0 Å². The Morgan fingerprint density at radius 2 is 1.05 bits per heavy atom. The predicted molar refractivity (Wildman–Crippen MR) is 66.8 cm³/mol. The van der Waals surface area contributed by atoms with E-state index >= 15 is 0 Å². The Bertz CT molecular complexity index is 506. The fourth-order valence-electron chi connectivity index (χ4n) is 0.509. The first-order valence-electron chi connectivity index (χ1n) is 4.70. The van der Waals surface area contributed by atoms with E-state index in [0.29, 0.717) is 0 Å². The van der Waals surface area contributed by atoms with Crippen molar-refractivity contribution < 1.29 is 28.7 Å². The lowest BCUT2D eigenvalue weighted by Crippen LogP contribution is -2.10. The minimum Gasteiger partial charge on any atom is -0.392 e. The van der Waals surface area contributed by atoms with Crippen LogP contribution in [-0.2, 0) is 28.7 Å². The quantitative estimate of drug-likeness (QED) is 0.289. The summed E-state index contributed by atoms with van der Waals surface area (Å²) in [4.78, 5) is 41.0.